The van der Waals surface area contributed by atoms with Crippen LogP contribution in [-0.2, 0) is 27.1 Å². The molecule has 0 aliphatic carbocycles. The molecule has 1 fully saturated rings. The fourth-order valence-electron chi connectivity index (χ4n) is 5.71. The molecule has 4 aromatic rings. The molecule has 0 radical (unpaired) electrons. The van der Waals surface area contributed by atoms with Crippen molar-refractivity contribution in [2.24, 2.45) is 0 Å². The summed E-state index contributed by atoms with van der Waals surface area (Å²) < 4.78 is 19.1. The maximum atomic E-state index is 11.7. The second-order valence-electron chi connectivity index (χ2n) is 10.2. The van der Waals surface area contributed by atoms with Crippen molar-refractivity contribution < 1.29 is 19.0 Å². The lowest BCUT2D eigenvalue weighted by Gasteiger charge is -2.18. The molecular weight excluding hydrogens is 500 g/mol. The number of imidazole rings is 1. The maximum absolute atomic E-state index is 11.7. The van der Waals surface area contributed by atoms with Gasteiger partial charge in [0.2, 0.25) is 0 Å². The summed E-state index contributed by atoms with van der Waals surface area (Å²) >= 11 is 6.30. The first-order valence-corrected chi connectivity index (χ1v) is 13.6. The van der Waals surface area contributed by atoms with Crippen molar-refractivity contribution in [1.29, 1.82) is 0 Å². The Bertz CT molecular complexity index is 1510. The van der Waals surface area contributed by atoms with Crippen molar-refractivity contribution >= 4 is 28.6 Å². The number of methoxy groups -OCH3 is 1. The Hall–Kier alpha value is -3.35. The highest BCUT2D eigenvalue weighted by Gasteiger charge is 2.28. The molecule has 1 aromatic heterocycles. The number of rotatable bonds is 7. The average Bonchev–Trinajstić information content (AvgIpc) is 3.67. The van der Waals surface area contributed by atoms with E-state index in [2.05, 4.69) is 47.9 Å². The average molecular weight is 531 g/mol. The quantitative estimate of drug-likeness (QED) is 0.250. The van der Waals surface area contributed by atoms with Crippen LogP contribution in [0.25, 0.3) is 16.7 Å². The van der Waals surface area contributed by atoms with Gasteiger partial charge < -0.3 is 14.2 Å². The zero-order valence-electron chi connectivity index (χ0n) is 21.7. The van der Waals surface area contributed by atoms with Gasteiger partial charge in [0.15, 0.2) is 0 Å². The van der Waals surface area contributed by atoms with E-state index in [1.807, 2.05) is 18.2 Å². The fourth-order valence-corrected chi connectivity index (χ4v) is 5.88. The SMILES string of the molecule is COC(=O)C[C@@H]1COc2cc(CCc3cccc(-n4c([C@H]5CCCO5)nc5cc(Cl)ccc54)c3C)ccc21. The van der Waals surface area contributed by atoms with E-state index in [0.717, 1.165) is 66.1 Å². The monoisotopic (exact) mass is 530 g/mol. The van der Waals surface area contributed by atoms with Gasteiger partial charge in [-0.25, -0.2) is 4.98 Å². The molecule has 0 N–H and O–H groups in total. The van der Waals surface area contributed by atoms with Crippen LogP contribution < -0.4 is 4.74 Å². The highest BCUT2D eigenvalue weighted by molar-refractivity contribution is 6.31. The first-order valence-electron chi connectivity index (χ1n) is 13.2. The van der Waals surface area contributed by atoms with Crippen molar-refractivity contribution in [2.75, 3.05) is 20.3 Å². The van der Waals surface area contributed by atoms with E-state index in [-0.39, 0.29) is 18.0 Å². The summed E-state index contributed by atoms with van der Waals surface area (Å²) in [5.41, 5.74) is 7.88. The second-order valence-corrected chi connectivity index (χ2v) is 10.6. The topological polar surface area (TPSA) is 62.6 Å². The number of nitrogens with zero attached hydrogens (tertiary/aromatic N) is 2. The molecular formula is C31H31ClN2O4. The lowest BCUT2D eigenvalue weighted by atomic mass is 9.94. The smallest absolute Gasteiger partial charge is 0.306 e. The number of esters is 1. The van der Waals surface area contributed by atoms with E-state index in [1.165, 1.54) is 23.8 Å². The molecule has 6 rings (SSSR count). The van der Waals surface area contributed by atoms with Gasteiger partial charge in [0, 0.05) is 23.1 Å². The van der Waals surface area contributed by atoms with Gasteiger partial charge in [0.1, 0.15) is 17.7 Å². The molecule has 2 atom stereocenters. The molecule has 2 aliphatic rings. The van der Waals surface area contributed by atoms with E-state index >= 15 is 0 Å². The second kappa shape index (κ2) is 10.4. The molecule has 6 nitrogen and oxygen atoms in total. The number of aryl methyl sites for hydroxylation is 2. The predicted octanol–water partition coefficient (Wildman–Crippen LogP) is 6.66. The number of ether oxygens (including phenoxy) is 3. The maximum Gasteiger partial charge on any atom is 0.306 e. The summed E-state index contributed by atoms with van der Waals surface area (Å²) in [6, 6.07) is 18.8. The van der Waals surface area contributed by atoms with Gasteiger partial charge in [-0.3, -0.25) is 9.36 Å². The predicted molar refractivity (Wildman–Crippen MR) is 147 cm³/mol. The third-order valence-electron chi connectivity index (χ3n) is 7.80. The molecule has 1 saturated heterocycles. The Kier molecular flexibility index (Phi) is 6.85. The van der Waals surface area contributed by atoms with Gasteiger partial charge in [0.25, 0.3) is 0 Å². The largest absolute Gasteiger partial charge is 0.493 e. The molecule has 0 saturated carbocycles. The van der Waals surface area contributed by atoms with E-state index < -0.39 is 0 Å². The molecule has 2 aliphatic heterocycles. The number of carbonyl (C=O) groups is 1. The number of hydrogen-bond donors (Lipinski definition) is 0. The number of hydrogen-bond acceptors (Lipinski definition) is 5. The first-order chi connectivity index (χ1) is 18.5. The highest BCUT2D eigenvalue weighted by atomic mass is 35.5. The van der Waals surface area contributed by atoms with E-state index in [4.69, 9.17) is 30.8 Å². The summed E-state index contributed by atoms with van der Waals surface area (Å²) in [5.74, 6) is 1.68. The van der Waals surface area contributed by atoms with Crippen molar-refractivity contribution in [3.8, 4) is 11.4 Å². The molecule has 7 heteroatoms. The molecule has 38 heavy (non-hydrogen) atoms. The Labute approximate surface area is 227 Å². The minimum atomic E-state index is -0.206. The van der Waals surface area contributed by atoms with Crippen LogP contribution in [0.1, 0.15) is 59.4 Å². The van der Waals surface area contributed by atoms with Crippen LogP contribution in [0.4, 0.5) is 0 Å². The number of aromatic nitrogens is 2. The molecule has 3 aromatic carbocycles. The lowest BCUT2D eigenvalue weighted by Crippen LogP contribution is -2.09. The zero-order valence-corrected chi connectivity index (χ0v) is 22.5. The number of benzene rings is 3. The standard InChI is InChI=1S/C31H31ClN2O4/c1-19-21(10-8-20-9-12-24-22(16-30(35)36-2)18-38-29(24)15-20)5-3-6-26(19)34-27-13-11-23(32)17-25(27)33-31(34)28-7-4-14-37-28/h3,5-6,9,11-13,15,17,22,28H,4,7-8,10,14,16,18H2,1-2H3/t22-,28-/m1/s1. The van der Waals surface area contributed by atoms with Crippen molar-refractivity contribution in [1.82, 2.24) is 9.55 Å². The first kappa shape index (κ1) is 25.0. The van der Waals surface area contributed by atoms with E-state index in [9.17, 15) is 4.79 Å². The van der Waals surface area contributed by atoms with Crippen molar-refractivity contribution in [3.05, 3.63) is 87.7 Å². The number of halogens is 1. The van der Waals surface area contributed by atoms with Gasteiger partial charge in [-0.05, 0) is 79.6 Å². The summed E-state index contributed by atoms with van der Waals surface area (Å²) in [6.07, 6.45) is 4.13. The summed E-state index contributed by atoms with van der Waals surface area (Å²) in [5, 5.41) is 0.682. The van der Waals surface area contributed by atoms with Gasteiger partial charge >= 0.3 is 5.97 Å². The zero-order chi connectivity index (χ0) is 26.2. The van der Waals surface area contributed by atoms with Gasteiger partial charge in [-0.2, -0.15) is 0 Å². The molecule has 0 amide bonds. The van der Waals surface area contributed by atoms with E-state index in [0.29, 0.717) is 18.1 Å². The Morgan fingerprint density at radius 2 is 2.05 bits per heavy atom. The van der Waals surface area contributed by atoms with Gasteiger partial charge in [-0.15, -0.1) is 0 Å². The molecule has 3 heterocycles. The Balaban J connectivity index is 1.27. The minimum Gasteiger partial charge on any atom is -0.493 e. The number of carbonyl (C=O) groups excluding carboxylic acids is 1. The summed E-state index contributed by atoms with van der Waals surface area (Å²) in [4.78, 5) is 16.7. The van der Waals surface area contributed by atoms with Crippen LogP contribution in [0.15, 0.2) is 54.6 Å². The van der Waals surface area contributed by atoms with Gasteiger partial charge in [0.05, 0.1) is 36.9 Å². The third kappa shape index (κ3) is 4.67. The fraction of sp³-hybridized carbons (Fsp3) is 0.355. The Morgan fingerprint density at radius 1 is 1.16 bits per heavy atom. The lowest BCUT2D eigenvalue weighted by molar-refractivity contribution is -0.141. The van der Waals surface area contributed by atoms with E-state index in [1.54, 1.807) is 0 Å². The van der Waals surface area contributed by atoms with Crippen LogP contribution in [0.3, 0.4) is 0 Å². The minimum absolute atomic E-state index is 0.0151. The summed E-state index contributed by atoms with van der Waals surface area (Å²) in [6.45, 7) is 3.47. The molecule has 0 unspecified atom stereocenters. The summed E-state index contributed by atoms with van der Waals surface area (Å²) in [7, 11) is 1.42. The number of fused-ring (bicyclic) bond motifs is 2. The van der Waals surface area contributed by atoms with Crippen molar-refractivity contribution in [2.45, 2.75) is 51.0 Å². The van der Waals surface area contributed by atoms with Crippen LogP contribution in [-0.4, -0.2) is 35.8 Å². The van der Waals surface area contributed by atoms with Crippen LogP contribution in [0.5, 0.6) is 5.75 Å². The van der Waals surface area contributed by atoms with Crippen LogP contribution in [0, 0.1) is 6.92 Å². The Morgan fingerprint density at radius 3 is 2.87 bits per heavy atom. The molecule has 196 valence electrons. The molecule has 0 bridgehead atoms. The third-order valence-corrected chi connectivity index (χ3v) is 8.04. The molecule has 0 spiro atoms. The normalized spacial score (nSPS) is 18.5. The van der Waals surface area contributed by atoms with Crippen LogP contribution in [0.2, 0.25) is 5.02 Å². The van der Waals surface area contributed by atoms with Gasteiger partial charge in [-0.1, -0.05) is 35.9 Å². The van der Waals surface area contributed by atoms with Crippen molar-refractivity contribution in [3.63, 3.8) is 0 Å². The highest BCUT2D eigenvalue weighted by Crippen LogP contribution is 2.38. The van der Waals surface area contributed by atoms with Crippen LogP contribution >= 0.6 is 11.6 Å².